The van der Waals surface area contributed by atoms with Crippen LogP contribution in [0.2, 0.25) is 0 Å². The molecule has 132 valence electrons. The maximum atomic E-state index is 13.3. The Hall–Kier alpha value is -3.02. The minimum absolute atomic E-state index is 0.146. The summed E-state index contributed by atoms with van der Waals surface area (Å²) in [7, 11) is 0. The number of hydrogen-bond donors (Lipinski definition) is 0. The molecule has 1 aromatic heterocycles. The summed E-state index contributed by atoms with van der Waals surface area (Å²) in [5.74, 6) is -0.730. The van der Waals surface area contributed by atoms with Gasteiger partial charge in [-0.25, -0.2) is 8.78 Å². The number of anilines is 1. The van der Waals surface area contributed by atoms with Crippen LogP contribution in [-0.2, 0) is 19.4 Å². The van der Waals surface area contributed by atoms with Crippen molar-refractivity contribution < 1.29 is 13.6 Å². The largest absolute Gasteiger partial charge is 0.305 e. The monoisotopic (exact) mass is 353 g/mol. The van der Waals surface area contributed by atoms with E-state index in [4.69, 9.17) is 0 Å². The van der Waals surface area contributed by atoms with Crippen LogP contribution >= 0.6 is 0 Å². The van der Waals surface area contributed by atoms with Crippen LogP contribution in [0, 0.1) is 11.6 Å². The zero-order valence-corrected chi connectivity index (χ0v) is 14.0. The average Bonchev–Trinajstić information content (AvgIpc) is 3.06. The highest BCUT2D eigenvalue weighted by atomic mass is 19.1. The highest BCUT2D eigenvalue weighted by Crippen LogP contribution is 2.22. The molecule has 0 N–H and O–H groups in total. The van der Waals surface area contributed by atoms with E-state index in [-0.39, 0.29) is 17.5 Å². The van der Waals surface area contributed by atoms with Crippen LogP contribution < -0.4 is 4.90 Å². The van der Waals surface area contributed by atoms with E-state index in [1.807, 2.05) is 6.07 Å². The Labute approximate surface area is 149 Å². The maximum absolute atomic E-state index is 13.3. The summed E-state index contributed by atoms with van der Waals surface area (Å²) < 4.78 is 28.1. The van der Waals surface area contributed by atoms with E-state index in [0.29, 0.717) is 37.3 Å². The first-order valence-electron chi connectivity index (χ1n) is 8.49. The van der Waals surface area contributed by atoms with Crippen molar-refractivity contribution in [2.75, 3.05) is 11.4 Å². The van der Waals surface area contributed by atoms with Gasteiger partial charge in [-0.1, -0.05) is 12.1 Å². The number of hydrogen-bond acceptors (Lipinski definition) is 2. The molecule has 2 heterocycles. The Morgan fingerprint density at radius 3 is 2.50 bits per heavy atom. The third kappa shape index (κ3) is 3.22. The lowest BCUT2D eigenvalue weighted by Gasteiger charge is -2.27. The van der Waals surface area contributed by atoms with Gasteiger partial charge in [-0.3, -0.25) is 9.48 Å². The molecule has 0 unspecified atom stereocenters. The van der Waals surface area contributed by atoms with Gasteiger partial charge in [-0.15, -0.1) is 0 Å². The van der Waals surface area contributed by atoms with E-state index in [2.05, 4.69) is 5.10 Å². The Morgan fingerprint density at radius 1 is 0.923 bits per heavy atom. The van der Waals surface area contributed by atoms with Crippen molar-refractivity contribution in [3.8, 4) is 0 Å². The van der Waals surface area contributed by atoms with E-state index >= 15 is 0 Å². The van der Waals surface area contributed by atoms with Gasteiger partial charge in [0.1, 0.15) is 17.3 Å². The van der Waals surface area contributed by atoms with Crippen LogP contribution in [-0.4, -0.2) is 22.2 Å². The van der Waals surface area contributed by atoms with Crippen LogP contribution in [0.1, 0.15) is 21.7 Å². The van der Waals surface area contributed by atoms with E-state index < -0.39 is 0 Å². The Morgan fingerprint density at radius 2 is 1.73 bits per heavy atom. The molecule has 1 aliphatic heterocycles. The smallest absolute Gasteiger partial charge is 0.276 e. The SMILES string of the molecule is O=C1c2cc(CCc3cccc(F)c3)nn2CCN1c1ccc(F)cc1. The standard InChI is InChI=1S/C20H17F2N3O/c21-15-5-8-18(9-6-15)24-10-11-25-19(20(24)26)13-17(23-25)7-4-14-2-1-3-16(22)12-14/h1-3,5-6,8-9,12-13H,4,7,10-11H2. The second-order valence-electron chi connectivity index (χ2n) is 6.31. The van der Waals surface area contributed by atoms with Gasteiger partial charge in [-0.05, 0) is 60.9 Å². The predicted octanol–water partition coefficient (Wildman–Crippen LogP) is 3.61. The zero-order chi connectivity index (χ0) is 18.1. The number of carbonyl (C=O) groups excluding carboxylic acids is 1. The number of halogens is 2. The van der Waals surface area contributed by atoms with Crippen LogP contribution in [0.25, 0.3) is 0 Å². The average molecular weight is 353 g/mol. The van der Waals surface area contributed by atoms with Crippen molar-refractivity contribution >= 4 is 11.6 Å². The first kappa shape index (κ1) is 16.4. The molecule has 0 bridgehead atoms. The minimum Gasteiger partial charge on any atom is -0.305 e. The Kier molecular flexibility index (Phi) is 4.24. The van der Waals surface area contributed by atoms with Gasteiger partial charge in [0, 0.05) is 12.2 Å². The highest BCUT2D eigenvalue weighted by molar-refractivity contribution is 6.05. The lowest BCUT2D eigenvalue weighted by atomic mass is 10.1. The fourth-order valence-corrected chi connectivity index (χ4v) is 3.20. The molecule has 0 saturated heterocycles. The second-order valence-corrected chi connectivity index (χ2v) is 6.31. The number of rotatable bonds is 4. The molecule has 0 saturated carbocycles. The van der Waals surface area contributed by atoms with Crippen molar-refractivity contribution in [3.63, 3.8) is 0 Å². The fourth-order valence-electron chi connectivity index (χ4n) is 3.20. The molecule has 0 spiro atoms. The number of amides is 1. The lowest BCUT2D eigenvalue weighted by molar-refractivity contribution is 0.0962. The minimum atomic E-state index is -0.331. The van der Waals surface area contributed by atoms with Crippen LogP contribution in [0.4, 0.5) is 14.5 Å². The van der Waals surface area contributed by atoms with Gasteiger partial charge in [0.05, 0.1) is 12.2 Å². The van der Waals surface area contributed by atoms with Crippen molar-refractivity contribution in [2.45, 2.75) is 19.4 Å². The van der Waals surface area contributed by atoms with E-state index in [9.17, 15) is 13.6 Å². The van der Waals surface area contributed by atoms with Crippen molar-refractivity contribution in [3.05, 3.63) is 83.2 Å². The van der Waals surface area contributed by atoms with Crippen LogP contribution in [0.15, 0.2) is 54.6 Å². The van der Waals surface area contributed by atoms with E-state index in [0.717, 1.165) is 11.3 Å². The number of benzene rings is 2. The van der Waals surface area contributed by atoms with Crippen molar-refractivity contribution in [1.82, 2.24) is 9.78 Å². The summed E-state index contributed by atoms with van der Waals surface area (Å²) in [6.45, 7) is 1.07. The van der Waals surface area contributed by atoms with Crippen LogP contribution in [0.3, 0.4) is 0 Å². The van der Waals surface area contributed by atoms with Crippen molar-refractivity contribution in [1.29, 1.82) is 0 Å². The molecule has 6 heteroatoms. The fraction of sp³-hybridized carbons (Fsp3) is 0.200. The number of aryl methyl sites for hydroxylation is 2. The molecular formula is C20H17F2N3O. The number of fused-ring (bicyclic) bond motifs is 1. The summed E-state index contributed by atoms with van der Waals surface area (Å²) in [6.07, 6.45) is 1.29. The molecule has 26 heavy (non-hydrogen) atoms. The summed E-state index contributed by atoms with van der Waals surface area (Å²) in [6, 6.07) is 14.2. The molecule has 0 aliphatic carbocycles. The first-order chi connectivity index (χ1) is 12.6. The van der Waals surface area contributed by atoms with Gasteiger partial charge in [0.15, 0.2) is 0 Å². The Bertz CT molecular complexity index is 950. The normalized spacial score (nSPS) is 13.8. The molecule has 4 nitrogen and oxygen atoms in total. The molecule has 0 atom stereocenters. The van der Waals surface area contributed by atoms with E-state index in [1.165, 1.54) is 24.3 Å². The number of aromatic nitrogens is 2. The zero-order valence-electron chi connectivity index (χ0n) is 14.0. The van der Waals surface area contributed by atoms with Crippen molar-refractivity contribution in [2.24, 2.45) is 0 Å². The van der Waals surface area contributed by atoms with Gasteiger partial charge >= 0.3 is 0 Å². The number of nitrogens with zero attached hydrogens (tertiary/aromatic N) is 3. The van der Waals surface area contributed by atoms with Gasteiger partial charge in [0.25, 0.3) is 5.91 Å². The first-order valence-corrected chi connectivity index (χ1v) is 8.49. The summed E-state index contributed by atoms with van der Waals surface area (Å²) in [4.78, 5) is 14.4. The van der Waals surface area contributed by atoms with Gasteiger partial charge < -0.3 is 4.90 Å². The molecule has 2 aromatic carbocycles. The molecule has 3 aromatic rings. The van der Waals surface area contributed by atoms with E-state index in [1.54, 1.807) is 33.8 Å². The second kappa shape index (κ2) is 6.71. The van der Waals surface area contributed by atoms with Gasteiger partial charge in [-0.2, -0.15) is 5.10 Å². The Balaban J connectivity index is 1.51. The third-order valence-electron chi connectivity index (χ3n) is 4.53. The summed E-state index contributed by atoms with van der Waals surface area (Å²) >= 11 is 0. The topological polar surface area (TPSA) is 38.1 Å². The summed E-state index contributed by atoms with van der Waals surface area (Å²) in [5.41, 5.74) is 2.90. The molecule has 1 aliphatic rings. The lowest BCUT2D eigenvalue weighted by Crippen LogP contribution is -2.40. The van der Waals surface area contributed by atoms with Gasteiger partial charge in [0.2, 0.25) is 0 Å². The molecule has 1 amide bonds. The predicted molar refractivity (Wildman–Crippen MR) is 94.1 cm³/mol. The molecular weight excluding hydrogens is 336 g/mol. The molecule has 0 fully saturated rings. The molecule has 0 radical (unpaired) electrons. The molecule has 4 rings (SSSR count). The number of carbonyl (C=O) groups is 1. The third-order valence-corrected chi connectivity index (χ3v) is 4.53. The maximum Gasteiger partial charge on any atom is 0.276 e. The quantitative estimate of drug-likeness (QED) is 0.719. The van der Waals surface area contributed by atoms with Crippen LogP contribution in [0.5, 0.6) is 0 Å². The summed E-state index contributed by atoms with van der Waals surface area (Å²) in [5, 5.41) is 4.50. The highest BCUT2D eigenvalue weighted by Gasteiger charge is 2.27.